The lowest BCUT2D eigenvalue weighted by Gasteiger charge is -2.60. The number of amides is 1. The number of ether oxygens (including phenoxy) is 1. The van der Waals surface area contributed by atoms with Crippen LogP contribution in [0.25, 0.3) is 0 Å². The van der Waals surface area contributed by atoms with Crippen molar-refractivity contribution in [1.29, 1.82) is 0 Å². The van der Waals surface area contributed by atoms with Gasteiger partial charge in [-0.25, -0.2) is 0 Å². The summed E-state index contributed by atoms with van der Waals surface area (Å²) >= 11 is 0. The summed E-state index contributed by atoms with van der Waals surface area (Å²) in [5, 5.41) is 12.8. The molecule has 0 saturated heterocycles. The maximum absolute atomic E-state index is 12.3. The van der Waals surface area contributed by atoms with E-state index >= 15 is 0 Å². The normalized spacial score (nSPS) is 27.7. The van der Waals surface area contributed by atoms with E-state index in [1.54, 1.807) is 12.1 Å². The first-order valence-electron chi connectivity index (χ1n) is 7.07. The molecule has 0 spiro atoms. The van der Waals surface area contributed by atoms with Crippen LogP contribution in [0, 0.1) is 5.41 Å². The van der Waals surface area contributed by atoms with E-state index in [1.807, 2.05) is 39.0 Å². The molecule has 0 bridgehead atoms. The number of carbonyl (C=O) groups excluding carboxylic acids is 1. The standard InChI is InChI=1S/C16H23NO3/c1-4-20-13-10-16(11-18,15(13,2)3)17-14(19)12-8-6-5-7-9-12/h5-9,13,18H,4,10-11H2,1-3H3,(H,17,19)/t13-,16-/m0/s1. The van der Waals surface area contributed by atoms with Gasteiger partial charge in [0.15, 0.2) is 0 Å². The molecule has 20 heavy (non-hydrogen) atoms. The second-order valence-corrected chi connectivity index (χ2v) is 5.93. The average Bonchev–Trinajstić information content (AvgIpc) is 2.46. The van der Waals surface area contributed by atoms with Gasteiger partial charge < -0.3 is 15.2 Å². The number of benzene rings is 1. The van der Waals surface area contributed by atoms with Crippen molar-refractivity contribution in [3.05, 3.63) is 35.9 Å². The number of hydrogen-bond acceptors (Lipinski definition) is 3. The van der Waals surface area contributed by atoms with Crippen LogP contribution in [0.1, 0.15) is 37.6 Å². The van der Waals surface area contributed by atoms with E-state index in [1.165, 1.54) is 0 Å². The zero-order chi connectivity index (χ0) is 14.8. The second-order valence-electron chi connectivity index (χ2n) is 5.93. The molecular weight excluding hydrogens is 254 g/mol. The lowest BCUT2D eigenvalue weighted by molar-refractivity contribution is -0.172. The fourth-order valence-corrected chi connectivity index (χ4v) is 2.88. The molecule has 1 aromatic rings. The van der Waals surface area contributed by atoms with Crippen molar-refractivity contribution in [2.75, 3.05) is 13.2 Å². The first kappa shape index (κ1) is 15.0. The molecule has 0 radical (unpaired) electrons. The summed E-state index contributed by atoms with van der Waals surface area (Å²) in [6.07, 6.45) is 0.707. The van der Waals surface area contributed by atoms with E-state index in [9.17, 15) is 9.90 Å². The molecule has 0 heterocycles. The van der Waals surface area contributed by atoms with E-state index in [0.717, 1.165) is 0 Å². The molecule has 0 unspecified atom stereocenters. The predicted octanol–water partition coefficient (Wildman–Crippen LogP) is 1.98. The molecule has 1 fully saturated rings. The summed E-state index contributed by atoms with van der Waals surface area (Å²) in [5.74, 6) is -0.150. The largest absolute Gasteiger partial charge is 0.394 e. The van der Waals surface area contributed by atoms with Gasteiger partial charge in [0, 0.05) is 24.0 Å². The summed E-state index contributed by atoms with van der Waals surface area (Å²) in [4.78, 5) is 12.3. The molecular formula is C16H23NO3. The van der Waals surface area contributed by atoms with Crippen molar-refractivity contribution < 1.29 is 14.6 Å². The number of carbonyl (C=O) groups is 1. The van der Waals surface area contributed by atoms with Gasteiger partial charge in [0.2, 0.25) is 0 Å². The molecule has 4 heteroatoms. The summed E-state index contributed by atoms with van der Waals surface area (Å²) in [6, 6.07) is 9.07. The number of nitrogens with one attached hydrogen (secondary N) is 1. The molecule has 1 aliphatic rings. The van der Waals surface area contributed by atoms with Gasteiger partial charge in [0.25, 0.3) is 5.91 Å². The minimum absolute atomic E-state index is 0.0655. The Morgan fingerprint density at radius 3 is 2.55 bits per heavy atom. The third kappa shape index (κ3) is 2.34. The Balaban J connectivity index is 2.12. The molecule has 110 valence electrons. The molecule has 4 nitrogen and oxygen atoms in total. The molecule has 2 atom stereocenters. The summed E-state index contributed by atoms with van der Waals surface area (Å²) < 4.78 is 5.68. The number of aliphatic hydroxyl groups is 1. The van der Waals surface area contributed by atoms with Crippen LogP contribution in [0.5, 0.6) is 0 Å². The number of hydrogen-bond donors (Lipinski definition) is 2. The Bertz CT molecular complexity index is 472. The van der Waals surface area contributed by atoms with Crippen molar-refractivity contribution in [2.24, 2.45) is 5.41 Å². The average molecular weight is 277 g/mol. The van der Waals surface area contributed by atoms with Gasteiger partial charge in [-0.05, 0) is 19.1 Å². The highest BCUT2D eigenvalue weighted by atomic mass is 16.5. The summed E-state index contributed by atoms with van der Waals surface area (Å²) in [7, 11) is 0. The Morgan fingerprint density at radius 2 is 2.05 bits per heavy atom. The quantitative estimate of drug-likeness (QED) is 0.865. The fraction of sp³-hybridized carbons (Fsp3) is 0.562. The van der Waals surface area contributed by atoms with Gasteiger partial charge in [-0.15, -0.1) is 0 Å². The number of aliphatic hydroxyl groups excluding tert-OH is 1. The highest BCUT2D eigenvalue weighted by Crippen LogP contribution is 2.51. The zero-order valence-corrected chi connectivity index (χ0v) is 12.3. The van der Waals surface area contributed by atoms with E-state index in [4.69, 9.17) is 4.74 Å². The van der Waals surface area contributed by atoms with Crippen molar-refractivity contribution in [1.82, 2.24) is 5.32 Å². The Morgan fingerprint density at radius 1 is 1.40 bits per heavy atom. The molecule has 2 rings (SSSR count). The smallest absolute Gasteiger partial charge is 0.251 e. The SMILES string of the molecule is CCO[C@H]1C[C@@](CO)(NC(=O)c2ccccc2)C1(C)C. The van der Waals surface area contributed by atoms with Gasteiger partial charge >= 0.3 is 0 Å². The third-order valence-electron chi connectivity index (χ3n) is 4.60. The van der Waals surface area contributed by atoms with E-state index in [2.05, 4.69) is 5.32 Å². The van der Waals surface area contributed by atoms with Crippen molar-refractivity contribution in [3.63, 3.8) is 0 Å². The van der Waals surface area contributed by atoms with Crippen molar-refractivity contribution in [3.8, 4) is 0 Å². The Kier molecular flexibility index (Phi) is 4.16. The minimum Gasteiger partial charge on any atom is -0.394 e. The first-order valence-corrected chi connectivity index (χ1v) is 7.07. The third-order valence-corrected chi connectivity index (χ3v) is 4.60. The van der Waals surface area contributed by atoms with Crippen molar-refractivity contribution in [2.45, 2.75) is 38.8 Å². The van der Waals surface area contributed by atoms with Crippen LogP contribution in [0.2, 0.25) is 0 Å². The van der Waals surface area contributed by atoms with Crippen molar-refractivity contribution >= 4 is 5.91 Å². The Labute approximate surface area is 120 Å². The van der Waals surface area contributed by atoms with Crippen LogP contribution < -0.4 is 5.32 Å². The molecule has 1 saturated carbocycles. The molecule has 0 aromatic heterocycles. The zero-order valence-electron chi connectivity index (χ0n) is 12.3. The maximum Gasteiger partial charge on any atom is 0.251 e. The Hall–Kier alpha value is -1.39. The van der Waals surface area contributed by atoms with E-state index in [0.29, 0.717) is 18.6 Å². The predicted molar refractivity (Wildman–Crippen MR) is 77.5 cm³/mol. The van der Waals surface area contributed by atoms with E-state index < -0.39 is 5.54 Å². The summed E-state index contributed by atoms with van der Waals surface area (Å²) in [5.41, 5.74) is -0.293. The minimum atomic E-state index is -0.611. The highest BCUT2D eigenvalue weighted by Gasteiger charge is 2.61. The monoisotopic (exact) mass is 277 g/mol. The highest BCUT2D eigenvalue weighted by molar-refractivity contribution is 5.94. The van der Waals surface area contributed by atoms with Crippen LogP contribution in [0.3, 0.4) is 0 Å². The first-order chi connectivity index (χ1) is 9.47. The van der Waals surface area contributed by atoms with Crippen LogP contribution >= 0.6 is 0 Å². The molecule has 1 aromatic carbocycles. The van der Waals surface area contributed by atoms with Gasteiger partial charge in [0.1, 0.15) is 0 Å². The summed E-state index contributed by atoms with van der Waals surface area (Å²) in [6.45, 7) is 6.57. The molecule has 1 amide bonds. The molecule has 0 aliphatic heterocycles. The lowest BCUT2D eigenvalue weighted by Crippen LogP contribution is -2.74. The van der Waals surface area contributed by atoms with Crippen LogP contribution in [-0.2, 0) is 4.74 Å². The van der Waals surface area contributed by atoms with Gasteiger partial charge in [-0.1, -0.05) is 32.0 Å². The molecule has 1 aliphatic carbocycles. The lowest BCUT2D eigenvalue weighted by atomic mass is 9.54. The van der Waals surface area contributed by atoms with Gasteiger partial charge in [0.05, 0.1) is 18.2 Å². The fourth-order valence-electron chi connectivity index (χ4n) is 2.88. The topological polar surface area (TPSA) is 58.6 Å². The van der Waals surface area contributed by atoms with Crippen LogP contribution in [0.15, 0.2) is 30.3 Å². The maximum atomic E-state index is 12.3. The van der Waals surface area contributed by atoms with Gasteiger partial charge in [-0.3, -0.25) is 4.79 Å². The second kappa shape index (κ2) is 5.54. The van der Waals surface area contributed by atoms with E-state index in [-0.39, 0.29) is 24.0 Å². The van der Waals surface area contributed by atoms with Crippen LogP contribution in [-0.4, -0.2) is 35.9 Å². The van der Waals surface area contributed by atoms with Gasteiger partial charge in [-0.2, -0.15) is 0 Å². The van der Waals surface area contributed by atoms with Crippen LogP contribution in [0.4, 0.5) is 0 Å². The number of rotatable bonds is 5. The molecule has 2 N–H and O–H groups in total.